The lowest BCUT2D eigenvalue weighted by molar-refractivity contribution is 0.398. The second kappa shape index (κ2) is 8.01. The fourth-order valence-corrected chi connectivity index (χ4v) is 3.46. The molecule has 0 aromatic carbocycles. The number of aliphatic imine (C=N–C) groups is 1. The number of hydrogen-bond donors (Lipinski definition) is 0. The van der Waals surface area contributed by atoms with Crippen molar-refractivity contribution < 1.29 is 4.74 Å². The molecule has 1 aromatic rings. The highest BCUT2D eigenvalue weighted by Gasteiger charge is 2.21. The van der Waals surface area contributed by atoms with E-state index in [-0.39, 0.29) is 0 Å². The van der Waals surface area contributed by atoms with Crippen molar-refractivity contribution in [1.29, 1.82) is 0 Å². The summed E-state index contributed by atoms with van der Waals surface area (Å²) in [6, 6.07) is 12.8. The Morgan fingerprint density at radius 3 is 2.36 bits per heavy atom. The molecule has 146 valence electrons. The van der Waals surface area contributed by atoms with E-state index in [0.29, 0.717) is 11.8 Å². The number of nitrogens with zero attached hydrogens (tertiary/aromatic N) is 3. The molecule has 0 N–H and O–H groups in total. The third kappa shape index (κ3) is 3.86. The van der Waals surface area contributed by atoms with Crippen LogP contribution in [0.15, 0.2) is 47.6 Å². The molecule has 1 heterocycles. The quantitative estimate of drug-likeness (QED) is 0.441. The zero-order valence-corrected chi connectivity index (χ0v) is 17.9. The summed E-state index contributed by atoms with van der Waals surface area (Å²) in [5, 5.41) is 0. The van der Waals surface area contributed by atoms with Gasteiger partial charge in [0.2, 0.25) is 5.88 Å². The fourth-order valence-electron chi connectivity index (χ4n) is 3.46. The number of methoxy groups -OCH3 is 1. The van der Waals surface area contributed by atoms with Gasteiger partial charge in [0.05, 0.1) is 19.0 Å². The molecule has 0 radical (unpaired) electrons. The van der Waals surface area contributed by atoms with Gasteiger partial charge in [0.15, 0.2) is 0 Å². The Balaban J connectivity index is 2.18. The van der Waals surface area contributed by atoms with Gasteiger partial charge in [-0.15, -0.1) is 0 Å². The molecule has 2 aliphatic rings. The minimum Gasteiger partial charge on any atom is -0.481 e. The number of fused-ring (bicyclic) bond motifs is 1. The molecular weight excluding hydrogens is 346 g/mol. The highest BCUT2D eigenvalue weighted by atomic mass is 16.5. The molecule has 3 rings (SSSR count). The highest BCUT2D eigenvalue weighted by Crippen LogP contribution is 2.37. The van der Waals surface area contributed by atoms with E-state index in [9.17, 15) is 0 Å². The predicted molar refractivity (Wildman–Crippen MR) is 117 cm³/mol. The van der Waals surface area contributed by atoms with Crippen molar-refractivity contribution in [1.82, 2.24) is 9.88 Å². The molecule has 0 saturated carbocycles. The van der Waals surface area contributed by atoms with Crippen molar-refractivity contribution in [3.63, 3.8) is 0 Å². The Morgan fingerprint density at radius 1 is 1.04 bits per heavy atom. The summed E-state index contributed by atoms with van der Waals surface area (Å²) >= 11 is 0. The van der Waals surface area contributed by atoms with Crippen LogP contribution in [0.1, 0.15) is 42.0 Å². The number of aromatic nitrogens is 1. The van der Waals surface area contributed by atoms with Gasteiger partial charge in [0, 0.05) is 25.7 Å². The van der Waals surface area contributed by atoms with Gasteiger partial charge in [-0.25, -0.2) is 9.98 Å². The van der Waals surface area contributed by atoms with Gasteiger partial charge in [0.1, 0.15) is 5.84 Å². The number of ether oxygens (including phenoxy) is 1. The standard InChI is InChI=1S/C24H29N3O/c1-15(2)18-9-8-16(3)23-20(13-18)17(4)12-21(23)24(27(5)6)26-19-10-11-22(28-7)25-14-19/h8-15H,1-7H3. The molecule has 0 spiro atoms. The first-order valence-corrected chi connectivity index (χ1v) is 9.62. The summed E-state index contributed by atoms with van der Waals surface area (Å²) in [6.07, 6.45) is 1.74. The summed E-state index contributed by atoms with van der Waals surface area (Å²) in [7, 11) is 5.67. The van der Waals surface area contributed by atoms with Crippen LogP contribution >= 0.6 is 0 Å². The Labute approximate surface area is 168 Å². The molecule has 0 bridgehead atoms. The Hall–Kier alpha value is -2.88. The number of hydrogen-bond acceptors (Lipinski definition) is 3. The van der Waals surface area contributed by atoms with Gasteiger partial charge in [-0.05, 0) is 59.7 Å². The maximum absolute atomic E-state index is 5.15. The van der Waals surface area contributed by atoms with Crippen LogP contribution in [-0.2, 0) is 0 Å². The zero-order chi connectivity index (χ0) is 20.4. The summed E-state index contributed by atoms with van der Waals surface area (Å²) in [6.45, 7) is 8.83. The van der Waals surface area contributed by atoms with Crippen molar-refractivity contribution in [2.45, 2.75) is 33.6 Å². The van der Waals surface area contributed by atoms with Crippen molar-refractivity contribution >= 4 is 11.5 Å². The van der Waals surface area contributed by atoms with Crippen molar-refractivity contribution in [2.24, 2.45) is 4.99 Å². The predicted octanol–water partition coefficient (Wildman–Crippen LogP) is 5.58. The molecule has 2 aliphatic carbocycles. The van der Waals surface area contributed by atoms with Crippen LogP contribution in [0.2, 0.25) is 0 Å². The van der Waals surface area contributed by atoms with E-state index >= 15 is 0 Å². The summed E-state index contributed by atoms with van der Waals surface area (Å²) < 4.78 is 5.15. The van der Waals surface area contributed by atoms with Gasteiger partial charge in [-0.3, -0.25) is 0 Å². The first-order valence-electron chi connectivity index (χ1n) is 9.62. The molecule has 0 amide bonds. The molecule has 0 aliphatic heterocycles. The van der Waals surface area contributed by atoms with Crippen LogP contribution in [0.5, 0.6) is 5.88 Å². The van der Waals surface area contributed by atoms with Gasteiger partial charge in [-0.1, -0.05) is 32.0 Å². The zero-order valence-electron chi connectivity index (χ0n) is 17.9. The first kappa shape index (κ1) is 19.9. The van der Waals surface area contributed by atoms with Crippen molar-refractivity contribution in [2.75, 3.05) is 21.2 Å². The smallest absolute Gasteiger partial charge is 0.213 e. The summed E-state index contributed by atoms with van der Waals surface area (Å²) in [5.41, 5.74) is 8.39. The lowest BCUT2D eigenvalue weighted by Gasteiger charge is -2.17. The normalized spacial score (nSPS) is 11.9. The summed E-state index contributed by atoms with van der Waals surface area (Å²) in [4.78, 5) is 11.3. The lowest BCUT2D eigenvalue weighted by Crippen LogP contribution is -2.23. The third-order valence-electron chi connectivity index (χ3n) is 5.05. The van der Waals surface area contributed by atoms with Crippen LogP contribution in [0.3, 0.4) is 0 Å². The SMILES string of the molecule is COc1ccc(N=C(c2cc(C)c3cc(C(C)C)ccc(C)c2-3)N(C)C)cn1. The van der Waals surface area contributed by atoms with Gasteiger partial charge in [-0.2, -0.15) is 0 Å². The van der Waals surface area contributed by atoms with E-state index in [0.717, 1.165) is 17.1 Å². The maximum atomic E-state index is 5.15. The summed E-state index contributed by atoms with van der Waals surface area (Å²) in [5.74, 6) is 2.00. The van der Waals surface area contributed by atoms with Crippen molar-refractivity contribution in [3.8, 4) is 17.0 Å². The molecular formula is C24H29N3O. The Morgan fingerprint density at radius 2 is 1.79 bits per heavy atom. The minimum atomic E-state index is 0.486. The third-order valence-corrected chi connectivity index (χ3v) is 5.05. The lowest BCUT2D eigenvalue weighted by atomic mass is 10.00. The van der Waals surface area contributed by atoms with Gasteiger partial charge >= 0.3 is 0 Å². The topological polar surface area (TPSA) is 37.7 Å². The van der Waals surface area contributed by atoms with E-state index in [2.05, 4.69) is 61.8 Å². The minimum absolute atomic E-state index is 0.486. The monoisotopic (exact) mass is 375 g/mol. The molecule has 4 nitrogen and oxygen atoms in total. The van der Waals surface area contributed by atoms with E-state index < -0.39 is 0 Å². The van der Waals surface area contributed by atoms with Crippen LogP contribution in [0.4, 0.5) is 5.69 Å². The van der Waals surface area contributed by atoms with E-state index in [1.807, 2.05) is 26.2 Å². The van der Waals surface area contributed by atoms with Gasteiger partial charge < -0.3 is 9.64 Å². The fraction of sp³-hybridized carbons (Fsp3) is 0.333. The molecule has 4 heteroatoms. The Kier molecular flexibility index (Phi) is 5.68. The molecule has 0 unspecified atom stereocenters. The first-order chi connectivity index (χ1) is 13.3. The second-order valence-electron chi connectivity index (χ2n) is 7.73. The number of aryl methyl sites for hydroxylation is 2. The molecule has 0 fully saturated rings. The van der Waals surface area contributed by atoms with E-state index in [1.54, 1.807) is 13.3 Å². The molecule has 1 aromatic heterocycles. The molecule has 0 saturated heterocycles. The maximum Gasteiger partial charge on any atom is 0.213 e. The van der Waals surface area contributed by atoms with Crippen LogP contribution in [-0.4, -0.2) is 36.9 Å². The Bertz CT molecular complexity index is 972. The van der Waals surface area contributed by atoms with Crippen LogP contribution in [0.25, 0.3) is 11.1 Å². The molecule has 28 heavy (non-hydrogen) atoms. The average molecular weight is 376 g/mol. The average Bonchev–Trinajstić information content (AvgIpc) is 2.86. The van der Waals surface area contributed by atoms with E-state index in [4.69, 9.17) is 9.73 Å². The number of rotatable bonds is 4. The molecule has 0 atom stereocenters. The van der Waals surface area contributed by atoms with Crippen LogP contribution in [0, 0.1) is 13.8 Å². The van der Waals surface area contributed by atoms with Gasteiger partial charge in [0.25, 0.3) is 0 Å². The highest BCUT2D eigenvalue weighted by molar-refractivity contribution is 6.07. The van der Waals surface area contributed by atoms with E-state index in [1.165, 1.54) is 27.8 Å². The largest absolute Gasteiger partial charge is 0.481 e. The number of amidine groups is 1. The van der Waals surface area contributed by atoms with Crippen LogP contribution < -0.4 is 4.74 Å². The second-order valence-corrected chi connectivity index (χ2v) is 7.73. The van der Waals surface area contributed by atoms with Crippen molar-refractivity contribution in [3.05, 3.63) is 64.8 Å². The number of pyridine rings is 1.